The highest BCUT2D eigenvalue weighted by molar-refractivity contribution is 6.45. The summed E-state index contributed by atoms with van der Waals surface area (Å²) >= 11 is 6.08. The van der Waals surface area contributed by atoms with Gasteiger partial charge in [-0.15, -0.1) is 0 Å². The lowest BCUT2D eigenvalue weighted by Gasteiger charge is -2.29. The van der Waals surface area contributed by atoms with Crippen LogP contribution in [0.25, 0.3) is 5.57 Å². The molecular formula is C21H19ClN2O2. The molecule has 2 aliphatic heterocycles. The summed E-state index contributed by atoms with van der Waals surface area (Å²) in [5.41, 5.74) is 2.28. The van der Waals surface area contributed by atoms with Crippen LogP contribution in [0.5, 0.6) is 0 Å². The molecule has 0 aliphatic carbocycles. The van der Waals surface area contributed by atoms with E-state index >= 15 is 0 Å². The highest BCUT2D eigenvalue weighted by Crippen LogP contribution is 2.36. The standard InChI is InChI=1S/C21H19ClN2O2/c22-16-10-7-11-17(14-16)24-20(25)18(15-8-3-1-4-9-15)19(21(24)26)23-12-5-2-6-13-23/h1,3-4,7-11,14H,2,5-6,12-13H2. The summed E-state index contributed by atoms with van der Waals surface area (Å²) < 4.78 is 0. The molecule has 2 heterocycles. The Kier molecular flexibility index (Phi) is 4.51. The van der Waals surface area contributed by atoms with Crippen molar-refractivity contribution in [3.63, 3.8) is 0 Å². The van der Waals surface area contributed by atoms with E-state index in [1.807, 2.05) is 30.3 Å². The molecular weight excluding hydrogens is 348 g/mol. The van der Waals surface area contributed by atoms with Crippen molar-refractivity contribution in [3.05, 3.63) is 70.9 Å². The molecule has 0 atom stereocenters. The van der Waals surface area contributed by atoms with Gasteiger partial charge in [-0.25, -0.2) is 4.90 Å². The lowest BCUT2D eigenvalue weighted by Crippen LogP contribution is -2.37. The molecule has 0 aromatic heterocycles. The largest absolute Gasteiger partial charge is 0.366 e. The Morgan fingerprint density at radius 3 is 2.23 bits per heavy atom. The molecule has 4 nitrogen and oxygen atoms in total. The van der Waals surface area contributed by atoms with E-state index < -0.39 is 0 Å². The van der Waals surface area contributed by atoms with Crippen LogP contribution in [-0.2, 0) is 9.59 Å². The van der Waals surface area contributed by atoms with Crippen LogP contribution in [0.3, 0.4) is 0 Å². The second-order valence-corrected chi connectivity index (χ2v) is 7.00. The number of imide groups is 1. The second kappa shape index (κ2) is 6.96. The third-order valence-electron chi connectivity index (χ3n) is 4.86. The minimum atomic E-state index is -0.288. The SMILES string of the molecule is O=C1C(c2ccccc2)=C(N2CCCCC2)C(=O)N1c1cccc(Cl)c1. The Balaban J connectivity index is 1.83. The van der Waals surface area contributed by atoms with Gasteiger partial charge in [0, 0.05) is 18.1 Å². The van der Waals surface area contributed by atoms with Crippen LogP contribution in [0, 0.1) is 0 Å². The van der Waals surface area contributed by atoms with Gasteiger partial charge in [0.2, 0.25) is 0 Å². The maximum atomic E-state index is 13.3. The maximum absolute atomic E-state index is 13.3. The molecule has 2 aromatic rings. The number of carbonyl (C=O) groups is 2. The van der Waals surface area contributed by atoms with E-state index in [0.717, 1.165) is 37.9 Å². The van der Waals surface area contributed by atoms with Gasteiger partial charge >= 0.3 is 0 Å². The molecule has 2 amide bonds. The number of hydrogen-bond donors (Lipinski definition) is 0. The number of halogens is 1. The molecule has 2 aromatic carbocycles. The average molecular weight is 367 g/mol. The van der Waals surface area contributed by atoms with E-state index in [1.165, 1.54) is 4.90 Å². The van der Waals surface area contributed by atoms with E-state index in [9.17, 15) is 9.59 Å². The fourth-order valence-electron chi connectivity index (χ4n) is 3.64. The van der Waals surface area contributed by atoms with Crippen molar-refractivity contribution in [1.82, 2.24) is 4.90 Å². The van der Waals surface area contributed by atoms with E-state index in [4.69, 9.17) is 11.6 Å². The van der Waals surface area contributed by atoms with Crippen molar-refractivity contribution in [1.29, 1.82) is 0 Å². The van der Waals surface area contributed by atoms with Gasteiger partial charge < -0.3 is 4.90 Å². The summed E-state index contributed by atoms with van der Waals surface area (Å²) in [6, 6.07) is 16.3. The quantitative estimate of drug-likeness (QED) is 0.767. The van der Waals surface area contributed by atoms with Gasteiger partial charge in [-0.1, -0.05) is 48.0 Å². The number of likely N-dealkylation sites (tertiary alicyclic amines) is 1. The van der Waals surface area contributed by atoms with Crippen LogP contribution in [0.1, 0.15) is 24.8 Å². The van der Waals surface area contributed by atoms with Crippen LogP contribution in [0.2, 0.25) is 5.02 Å². The number of benzene rings is 2. The van der Waals surface area contributed by atoms with Gasteiger partial charge in [-0.3, -0.25) is 9.59 Å². The Morgan fingerprint density at radius 1 is 0.808 bits per heavy atom. The van der Waals surface area contributed by atoms with E-state index in [1.54, 1.807) is 24.3 Å². The second-order valence-electron chi connectivity index (χ2n) is 6.56. The van der Waals surface area contributed by atoms with Crippen LogP contribution >= 0.6 is 11.6 Å². The Morgan fingerprint density at radius 2 is 1.54 bits per heavy atom. The van der Waals surface area contributed by atoms with Gasteiger partial charge in [0.05, 0.1) is 11.3 Å². The summed E-state index contributed by atoms with van der Waals surface area (Å²) in [5.74, 6) is -0.554. The summed E-state index contributed by atoms with van der Waals surface area (Å²) in [7, 11) is 0. The monoisotopic (exact) mass is 366 g/mol. The molecule has 0 radical (unpaired) electrons. The van der Waals surface area contributed by atoms with Crippen molar-refractivity contribution in [2.75, 3.05) is 18.0 Å². The summed E-state index contributed by atoms with van der Waals surface area (Å²) in [5, 5.41) is 0.496. The van der Waals surface area contributed by atoms with Crippen LogP contribution in [0.15, 0.2) is 60.3 Å². The zero-order valence-electron chi connectivity index (χ0n) is 14.3. The lowest BCUT2D eigenvalue weighted by atomic mass is 10.0. The maximum Gasteiger partial charge on any atom is 0.282 e. The van der Waals surface area contributed by atoms with Gasteiger partial charge in [0.15, 0.2) is 0 Å². The van der Waals surface area contributed by atoms with E-state index in [2.05, 4.69) is 4.90 Å². The minimum Gasteiger partial charge on any atom is -0.366 e. The number of piperidine rings is 1. The zero-order chi connectivity index (χ0) is 18.1. The fraction of sp³-hybridized carbons (Fsp3) is 0.238. The first-order chi connectivity index (χ1) is 12.7. The van der Waals surface area contributed by atoms with Crippen molar-refractivity contribution >= 4 is 34.7 Å². The van der Waals surface area contributed by atoms with Gasteiger partial charge in [-0.2, -0.15) is 0 Å². The first-order valence-corrected chi connectivity index (χ1v) is 9.23. The topological polar surface area (TPSA) is 40.6 Å². The number of nitrogens with zero attached hydrogens (tertiary/aromatic N) is 2. The number of anilines is 1. The van der Waals surface area contributed by atoms with E-state index in [0.29, 0.717) is 22.0 Å². The Labute approximate surface area is 157 Å². The minimum absolute atomic E-state index is 0.266. The fourth-order valence-corrected chi connectivity index (χ4v) is 3.83. The molecule has 4 rings (SSSR count). The highest BCUT2D eigenvalue weighted by atomic mass is 35.5. The third-order valence-corrected chi connectivity index (χ3v) is 5.10. The molecule has 1 saturated heterocycles. The number of amides is 2. The molecule has 0 bridgehead atoms. The predicted molar refractivity (Wildman–Crippen MR) is 103 cm³/mol. The number of hydrogen-bond acceptors (Lipinski definition) is 3. The predicted octanol–water partition coefficient (Wildman–Crippen LogP) is 4.11. The van der Waals surface area contributed by atoms with Crippen LogP contribution in [-0.4, -0.2) is 29.8 Å². The zero-order valence-corrected chi connectivity index (χ0v) is 15.1. The molecule has 0 unspecified atom stereocenters. The summed E-state index contributed by atoms with van der Waals surface area (Å²) in [6.45, 7) is 1.60. The molecule has 0 spiro atoms. The average Bonchev–Trinajstić information content (AvgIpc) is 2.93. The third kappa shape index (κ3) is 2.90. The Hall–Kier alpha value is -2.59. The number of carbonyl (C=O) groups excluding carboxylic acids is 2. The van der Waals surface area contributed by atoms with Gasteiger partial charge in [-0.05, 0) is 43.0 Å². The molecule has 1 fully saturated rings. The first-order valence-electron chi connectivity index (χ1n) is 8.86. The molecule has 0 saturated carbocycles. The molecule has 5 heteroatoms. The summed E-state index contributed by atoms with van der Waals surface area (Å²) in [4.78, 5) is 29.8. The molecule has 26 heavy (non-hydrogen) atoms. The van der Waals surface area contributed by atoms with Crippen LogP contribution in [0.4, 0.5) is 5.69 Å². The van der Waals surface area contributed by atoms with Crippen LogP contribution < -0.4 is 4.90 Å². The van der Waals surface area contributed by atoms with E-state index in [-0.39, 0.29) is 11.8 Å². The highest BCUT2D eigenvalue weighted by Gasteiger charge is 2.42. The number of rotatable bonds is 3. The lowest BCUT2D eigenvalue weighted by molar-refractivity contribution is -0.120. The van der Waals surface area contributed by atoms with Crippen molar-refractivity contribution < 1.29 is 9.59 Å². The summed E-state index contributed by atoms with van der Waals surface area (Å²) in [6.07, 6.45) is 3.22. The van der Waals surface area contributed by atoms with Crippen molar-refractivity contribution in [2.45, 2.75) is 19.3 Å². The molecule has 2 aliphatic rings. The van der Waals surface area contributed by atoms with Gasteiger partial charge in [0.25, 0.3) is 11.8 Å². The normalized spacial score (nSPS) is 18.0. The Bertz CT molecular complexity index is 886. The van der Waals surface area contributed by atoms with Crippen molar-refractivity contribution in [2.24, 2.45) is 0 Å². The first kappa shape index (κ1) is 16.9. The molecule has 132 valence electrons. The van der Waals surface area contributed by atoms with Gasteiger partial charge in [0.1, 0.15) is 5.70 Å². The smallest absolute Gasteiger partial charge is 0.282 e. The van der Waals surface area contributed by atoms with Crippen molar-refractivity contribution in [3.8, 4) is 0 Å². The molecule has 0 N–H and O–H groups in total.